The molecule has 2 aromatic rings. The van der Waals surface area contributed by atoms with E-state index >= 15 is 0 Å². The van der Waals surface area contributed by atoms with Crippen LogP contribution in [0.2, 0.25) is 0 Å². The van der Waals surface area contributed by atoms with Crippen molar-refractivity contribution in [2.24, 2.45) is 0 Å². The monoisotopic (exact) mass is 250 g/mol. The van der Waals surface area contributed by atoms with Gasteiger partial charge in [0.05, 0.1) is 5.92 Å². The highest BCUT2D eigenvalue weighted by Gasteiger charge is 2.15. The molecule has 2 rings (SSSR count). The normalized spacial score (nSPS) is 12.4. The van der Waals surface area contributed by atoms with Crippen LogP contribution in [0, 0.1) is 5.82 Å². The van der Waals surface area contributed by atoms with Gasteiger partial charge in [-0.1, -0.05) is 12.1 Å². The first-order valence-electron chi connectivity index (χ1n) is 5.14. The second-order valence-electron chi connectivity index (χ2n) is 3.81. The van der Waals surface area contributed by atoms with Crippen LogP contribution in [0.25, 0.3) is 11.1 Å². The van der Waals surface area contributed by atoms with E-state index < -0.39 is 11.9 Å². The minimum atomic E-state index is -0.951. The molecule has 88 valence electrons. The Kier molecular flexibility index (Phi) is 3.24. The van der Waals surface area contributed by atoms with Crippen molar-refractivity contribution in [3.8, 4) is 11.1 Å². The van der Waals surface area contributed by atoms with E-state index in [0.29, 0.717) is 11.1 Å². The molecule has 0 aliphatic rings. The zero-order chi connectivity index (χ0) is 12.4. The van der Waals surface area contributed by atoms with Crippen LogP contribution >= 0.6 is 11.3 Å². The summed E-state index contributed by atoms with van der Waals surface area (Å²) in [5.41, 5.74) is 1.81. The maximum absolute atomic E-state index is 13.8. The average molecular weight is 250 g/mol. The van der Waals surface area contributed by atoms with Crippen molar-refractivity contribution in [1.82, 2.24) is 0 Å². The third-order valence-electron chi connectivity index (χ3n) is 2.70. The van der Waals surface area contributed by atoms with Gasteiger partial charge in [-0.15, -0.1) is 0 Å². The zero-order valence-corrected chi connectivity index (χ0v) is 10.00. The molecule has 0 amide bonds. The Hall–Kier alpha value is -1.68. The van der Waals surface area contributed by atoms with Crippen molar-refractivity contribution < 1.29 is 14.3 Å². The number of thiophene rings is 1. The maximum atomic E-state index is 13.8. The summed E-state index contributed by atoms with van der Waals surface area (Å²) in [6, 6.07) is 6.43. The lowest BCUT2D eigenvalue weighted by atomic mass is 9.98. The van der Waals surface area contributed by atoms with Gasteiger partial charge in [0.15, 0.2) is 0 Å². The fourth-order valence-electron chi connectivity index (χ4n) is 1.60. The molecule has 0 saturated heterocycles. The SMILES string of the molecule is CC(C(=O)O)c1ccc(-c2ccsc2)c(F)c1. The largest absolute Gasteiger partial charge is 0.481 e. The molecule has 1 aromatic heterocycles. The molecular formula is C13H11FO2S. The van der Waals surface area contributed by atoms with Gasteiger partial charge in [-0.2, -0.15) is 11.3 Å². The molecule has 0 spiro atoms. The van der Waals surface area contributed by atoms with E-state index in [1.807, 2.05) is 16.8 Å². The number of carboxylic acids is 1. The van der Waals surface area contributed by atoms with Gasteiger partial charge in [0, 0.05) is 5.56 Å². The van der Waals surface area contributed by atoms with Crippen LogP contribution in [0.15, 0.2) is 35.0 Å². The molecular weight excluding hydrogens is 239 g/mol. The minimum absolute atomic E-state index is 0.381. The number of carbonyl (C=O) groups is 1. The topological polar surface area (TPSA) is 37.3 Å². The Bertz CT molecular complexity index is 534. The predicted molar refractivity (Wildman–Crippen MR) is 65.8 cm³/mol. The number of carboxylic acid groups (broad SMARTS) is 1. The zero-order valence-electron chi connectivity index (χ0n) is 9.18. The predicted octanol–water partition coefficient (Wildman–Crippen LogP) is 3.74. The van der Waals surface area contributed by atoms with Gasteiger partial charge in [-0.25, -0.2) is 4.39 Å². The van der Waals surface area contributed by atoms with Crippen LogP contribution in [-0.2, 0) is 4.79 Å². The third-order valence-corrected chi connectivity index (χ3v) is 3.38. The molecule has 17 heavy (non-hydrogen) atoms. The van der Waals surface area contributed by atoms with Crippen LogP contribution < -0.4 is 0 Å². The molecule has 0 saturated carbocycles. The summed E-state index contributed by atoms with van der Waals surface area (Å²) in [6.07, 6.45) is 0. The van der Waals surface area contributed by atoms with Crippen molar-refractivity contribution >= 4 is 17.3 Å². The highest BCUT2D eigenvalue weighted by molar-refractivity contribution is 7.08. The number of halogens is 1. The van der Waals surface area contributed by atoms with Crippen molar-refractivity contribution in [3.05, 3.63) is 46.4 Å². The summed E-state index contributed by atoms with van der Waals surface area (Å²) < 4.78 is 13.8. The summed E-state index contributed by atoms with van der Waals surface area (Å²) in [4.78, 5) is 10.8. The van der Waals surface area contributed by atoms with Crippen LogP contribution in [0.3, 0.4) is 0 Å². The molecule has 0 aliphatic carbocycles. The molecule has 0 fully saturated rings. The summed E-state index contributed by atoms with van der Waals surface area (Å²) in [5, 5.41) is 12.6. The van der Waals surface area contributed by atoms with E-state index in [-0.39, 0.29) is 5.82 Å². The third kappa shape index (κ3) is 2.36. The maximum Gasteiger partial charge on any atom is 0.310 e. The first-order valence-corrected chi connectivity index (χ1v) is 6.08. The van der Waals surface area contributed by atoms with Gasteiger partial charge in [0.2, 0.25) is 0 Å². The molecule has 1 atom stereocenters. The average Bonchev–Trinajstić information content (AvgIpc) is 2.81. The molecule has 2 nitrogen and oxygen atoms in total. The minimum Gasteiger partial charge on any atom is -0.481 e. The van der Waals surface area contributed by atoms with Crippen molar-refractivity contribution in [2.75, 3.05) is 0 Å². The molecule has 0 bridgehead atoms. The standard InChI is InChI=1S/C13H11FO2S/c1-8(13(15)16)9-2-3-11(12(14)6-9)10-4-5-17-7-10/h2-8H,1H3,(H,15,16). The second kappa shape index (κ2) is 4.67. The molecule has 1 heterocycles. The fourth-order valence-corrected chi connectivity index (χ4v) is 2.25. The van der Waals surface area contributed by atoms with E-state index in [9.17, 15) is 9.18 Å². The van der Waals surface area contributed by atoms with E-state index in [4.69, 9.17) is 5.11 Å². The lowest BCUT2D eigenvalue weighted by Gasteiger charge is -2.08. The Labute approximate surface area is 102 Å². The van der Waals surface area contributed by atoms with E-state index in [1.54, 1.807) is 19.1 Å². The van der Waals surface area contributed by atoms with Crippen molar-refractivity contribution in [3.63, 3.8) is 0 Å². The number of aliphatic carboxylic acids is 1. The van der Waals surface area contributed by atoms with Gasteiger partial charge in [-0.3, -0.25) is 4.79 Å². The summed E-state index contributed by atoms with van der Waals surface area (Å²) in [5.74, 6) is -2.03. The van der Waals surface area contributed by atoms with Gasteiger partial charge >= 0.3 is 5.97 Å². The Morgan fingerprint density at radius 2 is 2.18 bits per heavy atom. The lowest BCUT2D eigenvalue weighted by molar-refractivity contribution is -0.138. The van der Waals surface area contributed by atoms with Crippen molar-refractivity contribution in [2.45, 2.75) is 12.8 Å². The van der Waals surface area contributed by atoms with Crippen LogP contribution in [0.5, 0.6) is 0 Å². The van der Waals surface area contributed by atoms with Gasteiger partial charge in [0.1, 0.15) is 5.82 Å². The van der Waals surface area contributed by atoms with Gasteiger partial charge < -0.3 is 5.11 Å². The lowest BCUT2D eigenvalue weighted by Crippen LogP contribution is -2.07. The molecule has 1 unspecified atom stereocenters. The fraction of sp³-hybridized carbons (Fsp3) is 0.154. The first kappa shape index (κ1) is 11.8. The summed E-state index contributed by atoms with van der Waals surface area (Å²) in [7, 11) is 0. The summed E-state index contributed by atoms with van der Waals surface area (Å²) in [6.45, 7) is 1.54. The summed E-state index contributed by atoms with van der Waals surface area (Å²) >= 11 is 1.50. The molecule has 1 N–H and O–H groups in total. The van der Waals surface area contributed by atoms with Crippen LogP contribution in [-0.4, -0.2) is 11.1 Å². The Morgan fingerprint density at radius 3 is 2.71 bits per heavy atom. The highest BCUT2D eigenvalue weighted by Crippen LogP contribution is 2.27. The number of rotatable bonds is 3. The van der Waals surface area contributed by atoms with E-state index in [0.717, 1.165) is 5.56 Å². The highest BCUT2D eigenvalue weighted by atomic mass is 32.1. The Morgan fingerprint density at radius 1 is 1.41 bits per heavy atom. The smallest absolute Gasteiger partial charge is 0.310 e. The molecule has 1 aromatic carbocycles. The molecule has 0 radical (unpaired) electrons. The number of hydrogen-bond acceptors (Lipinski definition) is 2. The molecule has 0 aliphatic heterocycles. The number of hydrogen-bond donors (Lipinski definition) is 1. The quantitative estimate of drug-likeness (QED) is 0.901. The van der Waals surface area contributed by atoms with E-state index in [1.165, 1.54) is 17.4 Å². The van der Waals surface area contributed by atoms with Crippen molar-refractivity contribution in [1.29, 1.82) is 0 Å². The Balaban J connectivity index is 2.39. The first-order chi connectivity index (χ1) is 8.09. The van der Waals surface area contributed by atoms with Gasteiger partial charge in [-0.05, 0) is 40.9 Å². The van der Waals surface area contributed by atoms with Gasteiger partial charge in [0.25, 0.3) is 0 Å². The van der Waals surface area contributed by atoms with Crippen LogP contribution in [0.4, 0.5) is 4.39 Å². The molecule has 4 heteroatoms. The van der Waals surface area contributed by atoms with E-state index in [2.05, 4.69) is 0 Å². The number of benzene rings is 1. The van der Waals surface area contributed by atoms with Crippen LogP contribution in [0.1, 0.15) is 18.4 Å². The second-order valence-corrected chi connectivity index (χ2v) is 4.59.